The summed E-state index contributed by atoms with van der Waals surface area (Å²) >= 11 is 3.64. The second-order valence-electron chi connectivity index (χ2n) is 6.51. The summed E-state index contributed by atoms with van der Waals surface area (Å²) in [5, 5.41) is 10.8. The second-order valence-corrected chi connectivity index (χ2v) is 8.65. The largest absolute Gasteiger partial charge is 0.419 e. The molecule has 0 spiro atoms. The van der Waals surface area contributed by atoms with E-state index in [2.05, 4.69) is 53.4 Å². The molecule has 4 rings (SSSR count). The maximum Gasteiger partial charge on any atom is 0.257 e. The van der Waals surface area contributed by atoms with E-state index in [1.54, 1.807) is 11.3 Å². The van der Waals surface area contributed by atoms with Crippen LogP contribution in [0.15, 0.2) is 21.9 Å². The van der Waals surface area contributed by atoms with Crippen molar-refractivity contribution >= 4 is 22.7 Å². The van der Waals surface area contributed by atoms with Crippen LogP contribution in [0, 0.1) is 6.92 Å². The predicted molar refractivity (Wildman–Crippen MR) is 103 cm³/mol. The fourth-order valence-corrected chi connectivity index (χ4v) is 5.65. The number of aromatic nitrogens is 2. The summed E-state index contributed by atoms with van der Waals surface area (Å²) in [5.41, 5.74) is 2.80. The maximum absolute atomic E-state index is 6.00. The number of nitrogens with zero attached hydrogens (tertiary/aromatic N) is 3. The van der Waals surface area contributed by atoms with E-state index in [1.165, 1.54) is 20.9 Å². The van der Waals surface area contributed by atoms with E-state index in [-0.39, 0.29) is 0 Å². The summed E-state index contributed by atoms with van der Waals surface area (Å²) < 4.78 is 6.00. The van der Waals surface area contributed by atoms with Crippen molar-refractivity contribution in [2.24, 2.45) is 0 Å². The Morgan fingerprint density at radius 2 is 2.20 bits per heavy atom. The van der Waals surface area contributed by atoms with Crippen LogP contribution in [0.3, 0.4) is 0 Å². The fraction of sp³-hybridized carbons (Fsp3) is 0.474. The van der Waals surface area contributed by atoms with Gasteiger partial charge in [-0.05, 0) is 54.8 Å². The van der Waals surface area contributed by atoms with Crippen LogP contribution in [0.25, 0.3) is 10.8 Å². The van der Waals surface area contributed by atoms with Gasteiger partial charge in [0.25, 0.3) is 5.89 Å². The summed E-state index contributed by atoms with van der Waals surface area (Å²) in [7, 11) is 0. The first-order chi connectivity index (χ1) is 12.2. The molecule has 25 heavy (non-hydrogen) atoms. The molecule has 4 heterocycles. The summed E-state index contributed by atoms with van der Waals surface area (Å²) in [6, 6.07) is 4.90. The molecule has 3 aromatic heterocycles. The van der Waals surface area contributed by atoms with Gasteiger partial charge in [-0.15, -0.1) is 32.9 Å². The van der Waals surface area contributed by atoms with Gasteiger partial charge in [0, 0.05) is 22.3 Å². The van der Waals surface area contributed by atoms with Crippen LogP contribution in [0.4, 0.5) is 0 Å². The standard InChI is InChI=1S/C19H23N3OS2/c1-4-14-13-7-9-24-16(13)6-8-22(14)11-18-20-21-19(23-18)17-10-12(3)15(5-2)25-17/h7,9-10,14H,4-6,8,11H2,1-3H3/t14-/m0/s1. The molecular weight excluding hydrogens is 350 g/mol. The van der Waals surface area contributed by atoms with Gasteiger partial charge in [0.15, 0.2) is 0 Å². The van der Waals surface area contributed by atoms with E-state index >= 15 is 0 Å². The molecule has 1 atom stereocenters. The molecule has 0 amide bonds. The van der Waals surface area contributed by atoms with Crippen LogP contribution in [-0.4, -0.2) is 21.6 Å². The van der Waals surface area contributed by atoms with E-state index in [0.29, 0.717) is 11.9 Å². The quantitative estimate of drug-likeness (QED) is 0.613. The van der Waals surface area contributed by atoms with Gasteiger partial charge >= 0.3 is 0 Å². The third kappa shape index (κ3) is 3.18. The molecule has 4 nitrogen and oxygen atoms in total. The molecule has 3 aromatic rings. The minimum Gasteiger partial charge on any atom is -0.419 e. The Labute approximate surface area is 156 Å². The van der Waals surface area contributed by atoms with E-state index in [9.17, 15) is 0 Å². The molecule has 0 aromatic carbocycles. The molecule has 0 saturated heterocycles. The zero-order valence-corrected chi connectivity index (χ0v) is 16.5. The van der Waals surface area contributed by atoms with Crippen LogP contribution in [0.2, 0.25) is 0 Å². The van der Waals surface area contributed by atoms with E-state index in [4.69, 9.17) is 4.42 Å². The molecule has 0 fully saturated rings. The molecule has 132 valence electrons. The first-order valence-corrected chi connectivity index (χ1v) is 10.6. The van der Waals surface area contributed by atoms with Crippen molar-refractivity contribution in [3.8, 4) is 10.8 Å². The predicted octanol–water partition coefficient (Wildman–Crippen LogP) is 5.24. The Kier molecular flexibility index (Phi) is 4.75. The average Bonchev–Trinajstić information content (AvgIpc) is 3.33. The Morgan fingerprint density at radius 1 is 1.32 bits per heavy atom. The van der Waals surface area contributed by atoms with Crippen molar-refractivity contribution < 1.29 is 4.42 Å². The van der Waals surface area contributed by atoms with Crippen molar-refractivity contribution in [2.45, 2.75) is 52.6 Å². The number of hydrogen-bond acceptors (Lipinski definition) is 6. The Hall–Kier alpha value is -1.50. The first-order valence-electron chi connectivity index (χ1n) is 8.92. The Balaban J connectivity index is 1.53. The van der Waals surface area contributed by atoms with Crippen LogP contribution in [0.5, 0.6) is 0 Å². The van der Waals surface area contributed by atoms with Gasteiger partial charge in [0.05, 0.1) is 11.4 Å². The van der Waals surface area contributed by atoms with Crippen LogP contribution in [-0.2, 0) is 19.4 Å². The van der Waals surface area contributed by atoms with E-state index < -0.39 is 0 Å². The van der Waals surface area contributed by atoms with Crippen molar-refractivity contribution in [1.29, 1.82) is 0 Å². The maximum atomic E-state index is 6.00. The monoisotopic (exact) mass is 373 g/mol. The van der Waals surface area contributed by atoms with Crippen LogP contribution in [0.1, 0.15) is 53.1 Å². The summed E-state index contributed by atoms with van der Waals surface area (Å²) in [6.07, 6.45) is 3.27. The van der Waals surface area contributed by atoms with Gasteiger partial charge in [-0.2, -0.15) is 0 Å². The third-order valence-corrected chi connectivity index (χ3v) is 7.32. The molecule has 1 aliphatic heterocycles. The van der Waals surface area contributed by atoms with Crippen molar-refractivity contribution in [2.75, 3.05) is 6.54 Å². The number of hydrogen-bond donors (Lipinski definition) is 0. The summed E-state index contributed by atoms with van der Waals surface area (Å²) in [6.45, 7) is 8.37. The minimum absolute atomic E-state index is 0.459. The molecule has 0 bridgehead atoms. The number of thiophene rings is 2. The highest BCUT2D eigenvalue weighted by Crippen LogP contribution is 2.36. The summed E-state index contributed by atoms with van der Waals surface area (Å²) in [4.78, 5) is 6.49. The van der Waals surface area contributed by atoms with Gasteiger partial charge in [-0.3, -0.25) is 4.90 Å². The van der Waals surface area contributed by atoms with Gasteiger partial charge in [0.1, 0.15) is 0 Å². The van der Waals surface area contributed by atoms with E-state index in [1.807, 2.05) is 11.3 Å². The molecule has 0 unspecified atom stereocenters. The van der Waals surface area contributed by atoms with Crippen molar-refractivity contribution in [3.05, 3.63) is 44.3 Å². The highest BCUT2D eigenvalue weighted by atomic mass is 32.1. The zero-order chi connectivity index (χ0) is 17.4. The lowest BCUT2D eigenvalue weighted by molar-refractivity contribution is 0.157. The molecular formula is C19H23N3OS2. The lowest BCUT2D eigenvalue weighted by Crippen LogP contribution is -2.34. The fourth-order valence-electron chi connectivity index (χ4n) is 3.68. The molecule has 0 N–H and O–H groups in total. The topological polar surface area (TPSA) is 42.2 Å². The lowest BCUT2D eigenvalue weighted by atomic mass is 9.98. The highest BCUT2D eigenvalue weighted by molar-refractivity contribution is 7.15. The van der Waals surface area contributed by atoms with Crippen LogP contribution < -0.4 is 0 Å². The van der Waals surface area contributed by atoms with Crippen LogP contribution >= 0.6 is 22.7 Å². The van der Waals surface area contributed by atoms with Gasteiger partial charge in [-0.1, -0.05) is 13.8 Å². The third-order valence-electron chi connectivity index (χ3n) is 4.95. The minimum atomic E-state index is 0.459. The normalized spacial score (nSPS) is 17.8. The highest BCUT2D eigenvalue weighted by Gasteiger charge is 2.28. The van der Waals surface area contributed by atoms with Gasteiger partial charge in [0.2, 0.25) is 5.89 Å². The summed E-state index contributed by atoms with van der Waals surface area (Å²) in [5.74, 6) is 1.38. The van der Waals surface area contributed by atoms with Gasteiger partial charge in [-0.25, -0.2) is 0 Å². The Bertz CT molecular complexity index is 864. The number of rotatable bonds is 5. The second kappa shape index (κ2) is 7.02. The average molecular weight is 374 g/mol. The molecule has 0 radical (unpaired) electrons. The number of aryl methyl sites for hydroxylation is 2. The lowest BCUT2D eigenvalue weighted by Gasteiger charge is -2.34. The SMILES string of the molecule is CCc1sc(-c2nnc(CN3CCc4sccc4[C@@H]3CC)o2)cc1C. The first kappa shape index (κ1) is 16.9. The van der Waals surface area contributed by atoms with E-state index in [0.717, 1.165) is 43.1 Å². The molecule has 1 aliphatic rings. The van der Waals surface area contributed by atoms with Crippen molar-refractivity contribution in [3.63, 3.8) is 0 Å². The Morgan fingerprint density at radius 3 is 2.96 bits per heavy atom. The smallest absolute Gasteiger partial charge is 0.257 e. The van der Waals surface area contributed by atoms with Gasteiger partial charge < -0.3 is 4.42 Å². The molecule has 0 aliphatic carbocycles. The van der Waals surface area contributed by atoms with Crippen molar-refractivity contribution in [1.82, 2.24) is 15.1 Å². The number of fused-ring (bicyclic) bond motifs is 1. The zero-order valence-electron chi connectivity index (χ0n) is 14.9. The molecule has 6 heteroatoms. The molecule has 0 saturated carbocycles.